The first-order valence-electron chi connectivity index (χ1n) is 4.34. The molecule has 0 aliphatic carbocycles. The van der Waals surface area contributed by atoms with E-state index in [1.165, 1.54) is 7.05 Å². The average molecular weight is 203 g/mol. The molecule has 1 unspecified atom stereocenters. The Morgan fingerprint density at radius 1 is 1.50 bits per heavy atom. The van der Waals surface area contributed by atoms with Gasteiger partial charge in [-0.2, -0.15) is 0 Å². The van der Waals surface area contributed by atoms with Crippen LogP contribution in [0.1, 0.15) is 6.92 Å². The molecule has 0 saturated heterocycles. The Kier molecular flexibility index (Phi) is 5.82. The van der Waals surface area contributed by atoms with Crippen molar-refractivity contribution in [1.82, 2.24) is 15.5 Å². The molecule has 14 heavy (non-hydrogen) atoms. The number of carbonyl (C=O) groups excluding carboxylic acids is 2. The monoisotopic (exact) mass is 203 g/mol. The van der Waals surface area contributed by atoms with Crippen molar-refractivity contribution in [2.45, 2.75) is 13.0 Å². The maximum atomic E-state index is 11.1. The lowest BCUT2D eigenvalue weighted by Crippen LogP contribution is -2.43. The third-order valence-corrected chi connectivity index (χ3v) is 1.47. The van der Waals surface area contributed by atoms with Crippen LogP contribution in [0.2, 0.25) is 0 Å². The first kappa shape index (κ1) is 12.9. The highest BCUT2D eigenvalue weighted by Gasteiger charge is 2.10. The van der Waals surface area contributed by atoms with Crippen LogP contribution < -0.4 is 10.6 Å². The highest BCUT2D eigenvalue weighted by molar-refractivity contribution is 5.95. The number of aliphatic hydroxyl groups excluding tert-OH is 1. The molecule has 1 atom stereocenters. The SMILES string of the molecule is CNC(=O)NC(=O)CN(C)CC(C)O. The minimum Gasteiger partial charge on any atom is -0.392 e. The molecule has 0 heterocycles. The molecule has 0 aromatic rings. The Bertz CT molecular complexity index is 206. The van der Waals surface area contributed by atoms with E-state index in [9.17, 15) is 9.59 Å². The number of amides is 3. The van der Waals surface area contributed by atoms with Gasteiger partial charge in [-0.1, -0.05) is 0 Å². The van der Waals surface area contributed by atoms with Gasteiger partial charge >= 0.3 is 6.03 Å². The largest absolute Gasteiger partial charge is 0.392 e. The number of nitrogens with one attached hydrogen (secondary N) is 2. The Labute approximate surface area is 83.3 Å². The third-order valence-electron chi connectivity index (χ3n) is 1.47. The Hall–Kier alpha value is -1.14. The molecule has 0 spiro atoms. The van der Waals surface area contributed by atoms with E-state index < -0.39 is 18.0 Å². The predicted molar refractivity (Wildman–Crippen MR) is 51.8 cm³/mol. The number of rotatable bonds is 4. The smallest absolute Gasteiger partial charge is 0.321 e. The second-order valence-corrected chi connectivity index (χ2v) is 3.17. The number of nitrogens with zero attached hydrogens (tertiary/aromatic N) is 1. The molecule has 0 radical (unpaired) electrons. The molecule has 6 nitrogen and oxygen atoms in total. The van der Waals surface area contributed by atoms with Gasteiger partial charge in [-0.05, 0) is 14.0 Å². The van der Waals surface area contributed by atoms with Gasteiger partial charge < -0.3 is 10.4 Å². The molecule has 82 valence electrons. The third kappa shape index (κ3) is 6.38. The maximum Gasteiger partial charge on any atom is 0.321 e. The van der Waals surface area contributed by atoms with Crippen LogP contribution in [0.5, 0.6) is 0 Å². The van der Waals surface area contributed by atoms with Crippen LogP contribution in [0.25, 0.3) is 0 Å². The fourth-order valence-electron chi connectivity index (χ4n) is 0.989. The second kappa shape index (κ2) is 6.33. The molecule has 3 N–H and O–H groups in total. The van der Waals surface area contributed by atoms with Gasteiger partial charge in [0.15, 0.2) is 0 Å². The van der Waals surface area contributed by atoms with E-state index in [2.05, 4.69) is 10.6 Å². The summed E-state index contributed by atoms with van der Waals surface area (Å²) in [4.78, 5) is 23.5. The molecule has 6 heteroatoms. The Morgan fingerprint density at radius 3 is 2.50 bits per heavy atom. The van der Waals surface area contributed by atoms with Gasteiger partial charge in [-0.15, -0.1) is 0 Å². The van der Waals surface area contributed by atoms with E-state index in [0.29, 0.717) is 6.54 Å². The van der Waals surface area contributed by atoms with Crippen molar-refractivity contribution in [3.05, 3.63) is 0 Å². The normalized spacial score (nSPS) is 12.4. The lowest BCUT2D eigenvalue weighted by molar-refractivity contribution is -0.121. The number of aliphatic hydroxyl groups is 1. The lowest BCUT2D eigenvalue weighted by Gasteiger charge is -2.17. The predicted octanol–water partition coefficient (Wildman–Crippen LogP) is -1.25. The van der Waals surface area contributed by atoms with E-state index in [4.69, 9.17) is 5.11 Å². The standard InChI is InChI=1S/C8H17N3O3/c1-6(12)4-11(3)5-7(13)10-8(14)9-2/h6,12H,4-5H2,1-3H3,(H2,9,10,13,14). The molecule has 0 rings (SSSR count). The van der Waals surface area contributed by atoms with Crippen LogP contribution in [-0.4, -0.2) is 55.2 Å². The van der Waals surface area contributed by atoms with Crippen LogP contribution in [0.15, 0.2) is 0 Å². The van der Waals surface area contributed by atoms with Crippen molar-refractivity contribution in [3.8, 4) is 0 Å². The summed E-state index contributed by atoms with van der Waals surface area (Å²) < 4.78 is 0. The fourth-order valence-corrected chi connectivity index (χ4v) is 0.989. The molecule has 0 aromatic carbocycles. The molecule has 0 aromatic heterocycles. The molecule has 0 aliphatic rings. The van der Waals surface area contributed by atoms with Gasteiger partial charge in [0.2, 0.25) is 5.91 Å². The van der Waals surface area contributed by atoms with E-state index >= 15 is 0 Å². The summed E-state index contributed by atoms with van der Waals surface area (Å²) in [5.74, 6) is -0.396. The van der Waals surface area contributed by atoms with Crippen molar-refractivity contribution in [2.75, 3.05) is 27.2 Å². The topological polar surface area (TPSA) is 81.7 Å². The van der Waals surface area contributed by atoms with E-state index in [1.54, 1.807) is 18.9 Å². The van der Waals surface area contributed by atoms with Crippen LogP contribution in [0, 0.1) is 0 Å². The van der Waals surface area contributed by atoms with Crippen molar-refractivity contribution < 1.29 is 14.7 Å². The molecule has 0 aliphatic heterocycles. The Balaban J connectivity index is 3.76. The van der Waals surface area contributed by atoms with E-state index in [0.717, 1.165) is 0 Å². The van der Waals surface area contributed by atoms with E-state index in [-0.39, 0.29) is 6.54 Å². The van der Waals surface area contributed by atoms with Gasteiger partial charge in [0.1, 0.15) is 0 Å². The number of carbonyl (C=O) groups is 2. The number of hydrogen-bond donors (Lipinski definition) is 3. The van der Waals surface area contributed by atoms with Crippen LogP contribution in [-0.2, 0) is 4.79 Å². The van der Waals surface area contributed by atoms with Gasteiger partial charge in [-0.3, -0.25) is 15.0 Å². The molecular formula is C8H17N3O3. The number of imide groups is 1. The fraction of sp³-hybridized carbons (Fsp3) is 0.750. The summed E-state index contributed by atoms with van der Waals surface area (Å²) in [6.45, 7) is 2.10. The number of urea groups is 1. The van der Waals surface area contributed by atoms with Crippen molar-refractivity contribution >= 4 is 11.9 Å². The van der Waals surface area contributed by atoms with Crippen LogP contribution in [0.4, 0.5) is 4.79 Å². The quantitative estimate of drug-likeness (QED) is 0.533. The van der Waals surface area contributed by atoms with Crippen molar-refractivity contribution in [3.63, 3.8) is 0 Å². The number of hydrogen-bond acceptors (Lipinski definition) is 4. The molecule has 0 bridgehead atoms. The highest BCUT2D eigenvalue weighted by atomic mass is 16.3. The molecule has 3 amide bonds. The Morgan fingerprint density at radius 2 is 2.07 bits per heavy atom. The van der Waals surface area contributed by atoms with Crippen LogP contribution >= 0.6 is 0 Å². The summed E-state index contributed by atoms with van der Waals surface area (Å²) in [7, 11) is 3.12. The minimum absolute atomic E-state index is 0.0817. The zero-order chi connectivity index (χ0) is 11.1. The molecule has 0 fully saturated rings. The zero-order valence-electron chi connectivity index (χ0n) is 8.70. The second-order valence-electron chi connectivity index (χ2n) is 3.17. The molecular weight excluding hydrogens is 186 g/mol. The first-order valence-corrected chi connectivity index (χ1v) is 4.34. The number of likely N-dealkylation sites (N-methyl/N-ethyl adjacent to an activating group) is 1. The summed E-state index contributed by atoms with van der Waals surface area (Å²) in [5, 5.41) is 13.4. The zero-order valence-corrected chi connectivity index (χ0v) is 8.70. The average Bonchev–Trinajstić information content (AvgIpc) is 2.01. The summed E-state index contributed by atoms with van der Waals surface area (Å²) in [5.41, 5.74) is 0. The lowest BCUT2D eigenvalue weighted by atomic mass is 10.3. The van der Waals surface area contributed by atoms with Gasteiger partial charge in [0, 0.05) is 13.6 Å². The first-order chi connectivity index (χ1) is 6.45. The summed E-state index contributed by atoms with van der Waals surface area (Å²) in [6.07, 6.45) is -0.493. The van der Waals surface area contributed by atoms with E-state index in [1.807, 2.05) is 0 Å². The van der Waals surface area contributed by atoms with Gasteiger partial charge in [-0.25, -0.2) is 4.79 Å². The van der Waals surface area contributed by atoms with Crippen molar-refractivity contribution in [1.29, 1.82) is 0 Å². The molecule has 0 saturated carbocycles. The van der Waals surface area contributed by atoms with Crippen molar-refractivity contribution in [2.24, 2.45) is 0 Å². The van der Waals surface area contributed by atoms with Gasteiger partial charge in [0.05, 0.1) is 12.6 Å². The minimum atomic E-state index is -0.527. The van der Waals surface area contributed by atoms with Gasteiger partial charge in [0.25, 0.3) is 0 Å². The maximum absolute atomic E-state index is 11.1. The summed E-state index contributed by atoms with van der Waals surface area (Å²) >= 11 is 0. The summed E-state index contributed by atoms with van der Waals surface area (Å²) in [6, 6.07) is -0.527. The van der Waals surface area contributed by atoms with Crippen LogP contribution in [0.3, 0.4) is 0 Å². The highest BCUT2D eigenvalue weighted by Crippen LogP contribution is 1.87.